The molecule has 0 saturated carbocycles. The number of Topliss-reactive ketones (excluding diaryl/α,β-unsaturated/α-hetero) is 1. The van der Waals surface area contributed by atoms with Gasteiger partial charge in [-0.05, 0) is 23.3 Å². The van der Waals surface area contributed by atoms with Gasteiger partial charge in [0.2, 0.25) is 5.78 Å². The van der Waals surface area contributed by atoms with Crippen LogP contribution >= 0.6 is 12.4 Å². The van der Waals surface area contributed by atoms with Crippen molar-refractivity contribution in [2.24, 2.45) is 0 Å². The zero-order valence-corrected chi connectivity index (χ0v) is 14.3. The van der Waals surface area contributed by atoms with E-state index in [1.807, 2.05) is 0 Å². The largest absolute Gasteiger partial charge is 0.382 e. The molecule has 130 valence electrons. The summed E-state index contributed by atoms with van der Waals surface area (Å²) < 4.78 is 28.6. The molecule has 3 nitrogen and oxygen atoms in total. The lowest BCUT2D eigenvalue weighted by molar-refractivity contribution is -0.161. The van der Waals surface area contributed by atoms with Gasteiger partial charge in [0.1, 0.15) is 0 Å². The molecule has 2 rings (SSSR count). The minimum absolute atomic E-state index is 0. The molecule has 0 fully saturated rings. The molecule has 6 heteroatoms. The van der Waals surface area contributed by atoms with Crippen LogP contribution in [0.1, 0.15) is 17.2 Å². The summed E-state index contributed by atoms with van der Waals surface area (Å²) in [5, 5.41) is 10.0. The Balaban J connectivity index is 0.00000288. The van der Waals surface area contributed by atoms with E-state index in [9.17, 15) is 18.7 Å². The summed E-state index contributed by atoms with van der Waals surface area (Å²) in [6.45, 7) is 0. The average Bonchev–Trinajstić information content (AvgIpc) is 2.55. The predicted molar refractivity (Wildman–Crippen MR) is 93.1 cm³/mol. The topological polar surface area (TPSA) is 40.5 Å². The molecule has 0 radical (unpaired) electrons. The van der Waals surface area contributed by atoms with Crippen molar-refractivity contribution in [3.05, 3.63) is 65.7 Å². The van der Waals surface area contributed by atoms with Crippen LogP contribution < -0.4 is 4.90 Å². The molecule has 0 aromatic heterocycles. The second kappa shape index (κ2) is 8.22. The maximum absolute atomic E-state index is 14.3. The third kappa shape index (κ3) is 4.52. The first-order chi connectivity index (χ1) is 10.8. The van der Waals surface area contributed by atoms with Crippen molar-refractivity contribution in [2.45, 2.75) is 18.4 Å². The van der Waals surface area contributed by atoms with Crippen LogP contribution in [0, 0.1) is 0 Å². The number of ketones is 1. The second-order valence-electron chi connectivity index (χ2n) is 5.60. The summed E-state index contributed by atoms with van der Waals surface area (Å²) in [5.41, 5.74) is 1.18. The number of aliphatic hydroxyl groups is 1. The highest BCUT2D eigenvalue weighted by Crippen LogP contribution is 2.34. The number of halogens is 3. The van der Waals surface area contributed by atoms with Gasteiger partial charge >= 0.3 is 5.92 Å². The first kappa shape index (κ1) is 20.1. The van der Waals surface area contributed by atoms with Gasteiger partial charge in [-0.1, -0.05) is 42.5 Å². The maximum Gasteiger partial charge on any atom is 0.334 e. The van der Waals surface area contributed by atoms with Gasteiger partial charge in [0.15, 0.2) is 6.10 Å². The minimum Gasteiger partial charge on any atom is -0.382 e. The number of carbonyl (C=O) groups excluding carboxylic acids is 1. The number of carbonyl (C=O) groups is 1. The molecule has 2 aromatic carbocycles. The van der Waals surface area contributed by atoms with Crippen molar-refractivity contribution in [1.82, 2.24) is 0 Å². The van der Waals surface area contributed by atoms with Crippen molar-refractivity contribution in [3.8, 4) is 0 Å². The standard InChI is InChI=1S/C18H19F2NO2.ClH/c1-21(2)15-10-6-9-14(12-15)17(23)18(19,20)16(22)11-13-7-4-3-5-8-13;/h3-10,12,17,23H,11H2,1-2H3;1H. The van der Waals surface area contributed by atoms with Crippen molar-refractivity contribution in [2.75, 3.05) is 19.0 Å². The summed E-state index contributed by atoms with van der Waals surface area (Å²) in [7, 11) is 3.54. The Bertz CT molecular complexity index is 678. The van der Waals surface area contributed by atoms with Gasteiger partial charge in [-0.25, -0.2) is 0 Å². The number of rotatable bonds is 6. The van der Waals surface area contributed by atoms with Gasteiger partial charge in [-0.2, -0.15) is 8.78 Å². The monoisotopic (exact) mass is 355 g/mol. The summed E-state index contributed by atoms with van der Waals surface area (Å²) in [4.78, 5) is 13.7. The average molecular weight is 356 g/mol. The van der Waals surface area contributed by atoms with Gasteiger partial charge in [-0.3, -0.25) is 4.79 Å². The molecule has 0 saturated heterocycles. The fraction of sp³-hybridized carbons (Fsp3) is 0.278. The zero-order valence-electron chi connectivity index (χ0n) is 13.4. The van der Waals surface area contributed by atoms with Crippen molar-refractivity contribution in [1.29, 1.82) is 0 Å². The first-order valence-corrected chi connectivity index (χ1v) is 7.22. The van der Waals surface area contributed by atoms with Crippen LogP contribution in [0.5, 0.6) is 0 Å². The molecule has 1 N–H and O–H groups in total. The third-order valence-corrected chi connectivity index (χ3v) is 3.63. The van der Waals surface area contributed by atoms with Crippen LogP contribution in [0.15, 0.2) is 54.6 Å². The summed E-state index contributed by atoms with van der Waals surface area (Å²) in [5.74, 6) is -5.15. The lowest BCUT2D eigenvalue weighted by Crippen LogP contribution is -2.37. The predicted octanol–water partition coefficient (Wildman–Crippen LogP) is 3.65. The minimum atomic E-state index is -3.85. The molecule has 0 amide bonds. The number of hydrogen-bond donors (Lipinski definition) is 1. The molecule has 2 aromatic rings. The molecule has 0 aliphatic carbocycles. The molecule has 1 unspecified atom stereocenters. The van der Waals surface area contributed by atoms with E-state index in [1.165, 1.54) is 12.1 Å². The van der Waals surface area contributed by atoms with Crippen LogP contribution in [-0.4, -0.2) is 30.9 Å². The highest BCUT2D eigenvalue weighted by Gasteiger charge is 2.46. The van der Waals surface area contributed by atoms with E-state index in [-0.39, 0.29) is 18.0 Å². The molecule has 1 atom stereocenters. The molecule has 0 spiro atoms. The molecule has 0 heterocycles. The zero-order chi connectivity index (χ0) is 17.0. The van der Waals surface area contributed by atoms with Gasteiger partial charge < -0.3 is 10.0 Å². The van der Waals surface area contributed by atoms with Crippen LogP contribution in [0.25, 0.3) is 0 Å². The Morgan fingerprint density at radius 2 is 1.75 bits per heavy atom. The number of anilines is 1. The molecule has 0 aliphatic rings. The van der Waals surface area contributed by atoms with E-state index < -0.39 is 24.2 Å². The first-order valence-electron chi connectivity index (χ1n) is 7.22. The fourth-order valence-electron chi connectivity index (χ4n) is 2.23. The number of benzene rings is 2. The van der Waals surface area contributed by atoms with E-state index in [1.54, 1.807) is 61.5 Å². The quantitative estimate of drug-likeness (QED) is 0.859. The number of alkyl halides is 2. The Morgan fingerprint density at radius 3 is 2.33 bits per heavy atom. The number of aliphatic hydroxyl groups excluding tert-OH is 1. The molecular formula is C18H20ClF2NO2. The third-order valence-electron chi connectivity index (χ3n) is 3.63. The van der Waals surface area contributed by atoms with E-state index in [0.717, 1.165) is 0 Å². The van der Waals surface area contributed by atoms with E-state index in [0.29, 0.717) is 11.3 Å². The molecule has 24 heavy (non-hydrogen) atoms. The fourth-order valence-corrected chi connectivity index (χ4v) is 2.23. The Morgan fingerprint density at radius 1 is 1.12 bits per heavy atom. The van der Waals surface area contributed by atoms with E-state index in [2.05, 4.69) is 0 Å². The summed E-state index contributed by atoms with van der Waals surface area (Å²) >= 11 is 0. The van der Waals surface area contributed by atoms with Crippen LogP contribution in [0.2, 0.25) is 0 Å². The second-order valence-corrected chi connectivity index (χ2v) is 5.60. The van der Waals surface area contributed by atoms with Crippen LogP contribution in [0.4, 0.5) is 14.5 Å². The normalized spacial score (nSPS) is 12.2. The van der Waals surface area contributed by atoms with Gasteiger partial charge in [0.25, 0.3) is 0 Å². The highest BCUT2D eigenvalue weighted by atomic mass is 35.5. The van der Waals surface area contributed by atoms with E-state index >= 15 is 0 Å². The molecule has 0 aliphatic heterocycles. The van der Waals surface area contributed by atoms with Gasteiger partial charge in [-0.15, -0.1) is 12.4 Å². The highest BCUT2D eigenvalue weighted by molar-refractivity contribution is 5.88. The molecular weight excluding hydrogens is 336 g/mol. The Hall–Kier alpha value is -1.98. The summed E-state index contributed by atoms with van der Waals surface area (Å²) in [6.07, 6.45) is -2.59. The van der Waals surface area contributed by atoms with Gasteiger partial charge in [0, 0.05) is 26.2 Å². The van der Waals surface area contributed by atoms with Crippen molar-refractivity contribution >= 4 is 23.9 Å². The smallest absolute Gasteiger partial charge is 0.334 e. The summed E-state index contributed by atoms with van der Waals surface area (Å²) in [6, 6.07) is 14.5. The van der Waals surface area contributed by atoms with Gasteiger partial charge in [0.05, 0.1) is 0 Å². The molecule has 0 bridgehead atoms. The Kier molecular flexibility index (Phi) is 6.87. The van der Waals surface area contributed by atoms with Crippen LogP contribution in [0.3, 0.4) is 0 Å². The number of hydrogen-bond acceptors (Lipinski definition) is 3. The SMILES string of the molecule is CN(C)c1cccc(C(O)C(F)(F)C(=O)Cc2ccccc2)c1.Cl. The van der Waals surface area contributed by atoms with Crippen LogP contribution in [-0.2, 0) is 11.2 Å². The maximum atomic E-state index is 14.3. The van der Waals surface area contributed by atoms with Crippen molar-refractivity contribution < 1.29 is 18.7 Å². The van der Waals surface area contributed by atoms with Crippen molar-refractivity contribution in [3.63, 3.8) is 0 Å². The van der Waals surface area contributed by atoms with E-state index in [4.69, 9.17) is 0 Å². The Labute approximate surface area is 146 Å². The lowest BCUT2D eigenvalue weighted by atomic mass is 9.96. The lowest BCUT2D eigenvalue weighted by Gasteiger charge is -2.23. The number of nitrogens with zero attached hydrogens (tertiary/aromatic N) is 1.